The molecule has 1 aromatic rings. The molecule has 1 saturated heterocycles. The van der Waals surface area contributed by atoms with Gasteiger partial charge in [0.15, 0.2) is 0 Å². The molecule has 0 bridgehead atoms. The highest BCUT2D eigenvalue weighted by atomic mass is 35.5. The molecule has 1 aliphatic heterocycles. The Morgan fingerprint density at radius 1 is 1.50 bits per heavy atom. The summed E-state index contributed by atoms with van der Waals surface area (Å²) in [5.41, 5.74) is 5.76. The van der Waals surface area contributed by atoms with Crippen LogP contribution in [0.25, 0.3) is 0 Å². The molecule has 4 nitrogen and oxygen atoms in total. The third kappa shape index (κ3) is 2.13. The minimum absolute atomic E-state index is 0.152. The van der Waals surface area contributed by atoms with E-state index >= 15 is 0 Å². The van der Waals surface area contributed by atoms with Crippen molar-refractivity contribution in [3.05, 3.63) is 28.8 Å². The van der Waals surface area contributed by atoms with Crippen molar-refractivity contribution in [2.24, 2.45) is 0 Å². The van der Waals surface area contributed by atoms with Gasteiger partial charge >= 0.3 is 0 Å². The van der Waals surface area contributed by atoms with Crippen molar-refractivity contribution in [3.8, 4) is 0 Å². The summed E-state index contributed by atoms with van der Waals surface area (Å²) in [7, 11) is 0. The van der Waals surface area contributed by atoms with Gasteiger partial charge in [-0.1, -0.05) is 11.6 Å². The van der Waals surface area contributed by atoms with E-state index < -0.39 is 5.60 Å². The number of hydrogen-bond donors (Lipinski definition) is 2. The van der Waals surface area contributed by atoms with Crippen molar-refractivity contribution in [2.75, 3.05) is 18.8 Å². The zero-order valence-corrected chi connectivity index (χ0v) is 9.66. The molecule has 1 heterocycles. The third-order valence-corrected chi connectivity index (χ3v) is 2.74. The van der Waals surface area contributed by atoms with E-state index in [1.165, 1.54) is 0 Å². The summed E-state index contributed by atoms with van der Waals surface area (Å²) in [4.78, 5) is 13.5. The van der Waals surface area contributed by atoms with E-state index in [1.54, 1.807) is 30.0 Å². The summed E-state index contributed by atoms with van der Waals surface area (Å²) >= 11 is 5.82. The van der Waals surface area contributed by atoms with Crippen LogP contribution in [-0.4, -0.2) is 34.6 Å². The van der Waals surface area contributed by atoms with Gasteiger partial charge in [-0.2, -0.15) is 0 Å². The van der Waals surface area contributed by atoms with Crippen molar-refractivity contribution in [1.82, 2.24) is 4.90 Å². The lowest BCUT2D eigenvalue weighted by Gasteiger charge is -2.44. The summed E-state index contributed by atoms with van der Waals surface area (Å²) < 4.78 is 0. The molecule has 86 valence electrons. The summed E-state index contributed by atoms with van der Waals surface area (Å²) in [6, 6.07) is 4.75. The van der Waals surface area contributed by atoms with Crippen LogP contribution >= 0.6 is 11.6 Å². The van der Waals surface area contributed by atoms with Crippen molar-refractivity contribution in [2.45, 2.75) is 12.5 Å². The standard InChI is InChI=1S/C11H13ClN2O2/c1-11(16)5-14(6-11)10(15)7-2-8(12)4-9(13)3-7/h2-4,16H,5-6,13H2,1H3. The van der Waals surface area contributed by atoms with Gasteiger partial charge in [-0.3, -0.25) is 4.79 Å². The highest BCUT2D eigenvalue weighted by Crippen LogP contribution is 2.24. The largest absolute Gasteiger partial charge is 0.399 e. The number of nitrogens with two attached hydrogens (primary N) is 1. The number of benzene rings is 1. The second-order valence-electron chi connectivity index (χ2n) is 4.43. The number of nitrogens with zero attached hydrogens (tertiary/aromatic N) is 1. The number of anilines is 1. The van der Waals surface area contributed by atoms with E-state index in [1.807, 2.05) is 0 Å². The molecule has 0 radical (unpaired) electrons. The van der Waals surface area contributed by atoms with Crippen LogP contribution in [0.3, 0.4) is 0 Å². The molecule has 1 aliphatic rings. The van der Waals surface area contributed by atoms with Gasteiger partial charge in [0.2, 0.25) is 0 Å². The Morgan fingerprint density at radius 3 is 2.62 bits per heavy atom. The molecule has 1 fully saturated rings. The van der Waals surface area contributed by atoms with Crippen molar-refractivity contribution in [3.63, 3.8) is 0 Å². The van der Waals surface area contributed by atoms with Crippen LogP contribution in [0.1, 0.15) is 17.3 Å². The molecule has 2 rings (SSSR count). The zero-order valence-electron chi connectivity index (χ0n) is 8.90. The molecule has 0 aliphatic carbocycles. The number of hydrogen-bond acceptors (Lipinski definition) is 3. The molecule has 1 amide bonds. The lowest BCUT2D eigenvalue weighted by molar-refractivity contribution is -0.0668. The second-order valence-corrected chi connectivity index (χ2v) is 4.87. The van der Waals surface area contributed by atoms with Crippen LogP contribution in [-0.2, 0) is 0 Å². The van der Waals surface area contributed by atoms with E-state index in [9.17, 15) is 9.90 Å². The molecule has 5 heteroatoms. The maximum absolute atomic E-state index is 11.9. The van der Waals surface area contributed by atoms with Crippen LogP contribution < -0.4 is 5.73 Å². The van der Waals surface area contributed by atoms with Gasteiger partial charge in [-0.05, 0) is 25.1 Å². The molecular weight excluding hydrogens is 228 g/mol. The Bertz CT molecular complexity index is 417. The normalized spacial score (nSPS) is 18.1. The monoisotopic (exact) mass is 240 g/mol. The lowest BCUT2D eigenvalue weighted by Crippen LogP contribution is -2.61. The Balaban J connectivity index is 2.16. The second kappa shape index (κ2) is 3.64. The van der Waals surface area contributed by atoms with Crippen molar-refractivity contribution >= 4 is 23.2 Å². The highest BCUT2D eigenvalue weighted by Gasteiger charge is 2.39. The highest BCUT2D eigenvalue weighted by molar-refractivity contribution is 6.31. The Morgan fingerprint density at radius 2 is 2.12 bits per heavy atom. The molecule has 0 spiro atoms. The van der Waals surface area contributed by atoms with Crippen LogP contribution in [0.15, 0.2) is 18.2 Å². The molecule has 3 N–H and O–H groups in total. The topological polar surface area (TPSA) is 66.6 Å². The number of amides is 1. The number of β-amino-alcohol motifs (C(OH)–C–C–N with tert-alkyl or cyclic N) is 1. The minimum atomic E-state index is -0.764. The molecule has 16 heavy (non-hydrogen) atoms. The zero-order chi connectivity index (χ0) is 11.9. The smallest absolute Gasteiger partial charge is 0.254 e. The van der Waals surface area contributed by atoms with Gasteiger partial charge in [-0.15, -0.1) is 0 Å². The van der Waals surface area contributed by atoms with Crippen LogP contribution in [0.5, 0.6) is 0 Å². The van der Waals surface area contributed by atoms with E-state index in [0.717, 1.165) is 0 Å². The van der Waals surface area contributed by atoms with E-state index in [2.05, 4.69) is 0 Å². The van der Waals surface area contributed by atoms with Gasteiger partial charge in [0.1, 0.15) is 0 Å². The predicted molar refractivity (Wildman–Crippen MR) is 62.4 cm³/mol. The fourth-order valence-corrected chi connectivity index (χ4v) is 2.08. The average Bonchev–Trinajstić information content (AvgIpc) is 2.11. The minimum Gasteiger partial charge on any atom is -0.399 e. The molecule has 0 saturated carbocycles. The number of aliphatic hydroxyl groups is 1. The fraction of sp³-hybridized carbons (Fsp3) is 0.364. The van der Waals surface area contributed by atoms with E-state index in [-0.39, 0.29) is 5.91 Å². The molecule has 0 unspecified atom stereocenters. The predicted octanol–water partition coefficient (Wildman–Crippen LogP) is 1.13. The molecule has 1 aromatic carbocycles. The third-order valence-electron chi connectivity index (χ3n) is 2.52. The summed E-state index contributed by atoms with van der Waals surface area (Å²) in [6.07, 6.45) is 0. The van der Waals surface area contributed by atoms with Crippen LogP contribution in [0.2, 0.25) is 5.02 Å². The van der Waals surface area contributed by atoms with Gasteiger partial charge in [0, 0.05) is 16.3 Å². The summed E-state index contributed by atoms with van der Waals surface area (Å²) in [6.45, 7) is 2.39. The number of carbonyl (C=O) groups is 1. The van der Waals surface area contributed by atoms with Crippen LogP contribution in [0, 0.1) is 0 Å². The van der Waals surface area contributed by atoms with Crippen molar-refractivity contribution in [1.29, 1.82) is 0 Å². The Labute approximate surface area is 98.6 Å². The number of likely N-dealkylation sites (tertiary alicyclic amines) is 1. The maximum atomic E-state index is 11.9. The first-order valence-corrected chi connectivity index (χ1v) is 5.33. The lowest BCUT2D eigenvalue weighted by atomic mass is 9.96. The Hall–Kier alpha value is -1.26. The first-order valence-electron chi connectivity index (χ1n) is 4.95. The quantitative estimate of drug-likeness (QED) is 0.724. The number of carbonyl (C=O) groups excluding carboxylic acids is 1. The number of nitrogen functional groups attached to an aromatic ring is 1. The number of rotatable bonds is 1. The van der Waals surface area contributed by atoms with Gasteiger partial charge in [-0.25, -0.2) is 0 Å². The maximum Gasteiger partial charge on any atom is 0.254 e. The van der Waals surface area contributed by atoms with Gasteiger partial charge < -0.3 is 15.7 Å². The van der Waals surface area contributed by atoms with Gasteiger partial charge in [0.25, 0.3) is 5.91 Å². The fourth-order valence-electron chi connectivity index (χ4n) is 1.84. The van der Waals surface area contributed by atoms with E-state index in [0.29, 0.717) is 29.4 Å². The Kier molecular flexibility index (Phi) is 2.56. The number of halogens is 1. The van der Waals surface area contributed by atoms with E-state index in [4.69, 9.17) is 17.3 Å². The molecule has 0 atom stereocenters. The summed E-state index contributed by atoms with van der Waals surface area (Å²) in [5.74, 6) is -0.152. The SMILES string of the molecule is CC1(O)CN(C(=O)c2cc(N)cc(Cl)c2)C1. The van der Waals surface area contributed by atoms with Gasteiger partial charge in [0.05, 0.1) is 18.7 Å². The first kappa shape index (κ1) is 11.2. The average molecular weight is 241 g/mol. The van der Waals surface area contributed by atoms with Crippen LogP contribution in [0.4, 0.5) is 5.69 Å². The molecule has 0 aromatic heterocycles. The molecular formula is C11H13ClN2O2. The summed E-state index contributed by atoms with van der Waals surface area (Å²) in [5, 5.41) is 9.98. The first-order chi connectivity index (χ1) is 7.37. The van der Waals surface area contributed by atoms with Crippen molar-refractivity contribution < 1.29 is 9.90 Å².